The summed E-state index contributed by atoms with van der Waals surface area (Å²) in [5.74, 6) is 0. The molecule has 0 aromatic carbocycles. The third kappa shape index (κ3) is 1.09. The zero-order chi connectivity index (χ0) is 6.85. The molecule has 3 heteroatoms. The Morgan fingerprint density at radius 3 is 2.44 bits per heavy atom. The van der Waals surface area contributed by atoms with Crippen molar-refractivity contribution in [2.24, 2.45) is 0 Å². The topological polar surface area (TPSA) is 30.7 Å². The van der Waals surface area contributed by atoms with Crippen LogP contribution in [-0.4, -0.2) is 15.0 Å². The average Bonchev–Trinajstić information content (AvgIpc) is 2.13. The van der Waals surface area contributed by atoms with Crippen molar-refractivity contribution in [1.29, 1.82) is 0 Å². The zero-order valence-corrected chi connectivity index (χ0v) is 6.00. The van der Waals surface area contributed by atoms with E-state index in [0.29, 0.717) is 6.04 Å². The van der Waals surface area contributed by atoms with Crippen LogP contribution in [0.4, 0.5) is 0 Å². The van der Waals surface area contributed by atoms with E-state index in [0.717, 1.165) is 5.69 Å². The molecule has 0 aliphatic carbocycles. The van der Waals surface area contributed by atoms with Crippen LogP contribution in [0.1, 0.15) is 25.6 Å². The van der Waals surface area contributed by atoms with Gasteiger partial charge in [-0.25, -0.2) is 4.68 Å². The van der Waals surface area contributed by atoms with Crippen LogP contribution in [0.3, 0.4) is 0 Å². The summed E-state index contributed by atoms with van der Waals surface area (Å²) in [4.78, 5) is 0. The number of hydrogen-bond acceptors (Lipinski definition) is 2. The van der Waals surface area contributed by atoms with E-state index in [9.17, 15) is 0 Å². The molecule has 0 N–H and O–H groups in total. The van der Waals surface area contributed by atoms with Gasteiger partial charge in [-0.3, -0.25) is 0 Å². The molecule has 0 saturated heterocycles. The minimum Gasteiger partial charge on any atom is -0.247 e. The molecule has 0 amide bonds. The van der Waals surface area contributed by atoms with Crippen LogP contribution in [0.2, 0.25) is 0 Å². The minimum atomic E-state index is 0.424. The molecule has 9 heavy (non-hydrogen) atoms. The van der Waals surface area contributed by atoms with Crippen LogP contribution < -0.4 is 0 Å². The van der Waals surface area contributed by atoms with E-state index in [4.69, 9.17) is 0 Å². The summed E-state index contributed by atoms with van der Waals surface area (Å²) in [6.45, 7) is 6.17. The third-order valence-corrected chi connectivity index (χ3v) is 1.24. The van der Waals surface area contributed by atoms with Crippen molar-refractivity contribution < 1.29 is 0 Å². The quantitative estimate of drug-likeness (QED) is 0.564. The number of aromatic nitrogens is 3. The second-order valence-electron chi connectivity index (χ2n) is 2.41. The molecule has 50 valence electrons. The van der Waals surface area contributed by atoms with Gasteiger partial charge in [0.15, 0.2) is 0 Å². The number of aryl methyl sites for hydroxylation is 1. The Balaban J connectivity index is 2.94. The molecule has 0 aliphatic heterocycles. The first-order valence-corrected chi connectivity index (χ1v) is 3.08. The summed E-state index contributed by atoms with van der Waals surface area (Å²) >= 11 is 0. The minimum absolute atomic E-state index is 0.424. The molecule has 1 aromatic heterocycles. The summed E-state index contributed by atoms with van der Waals surface area (Å²) in [7, 11) is 0. The lowest BCUT2D eigenvalue weighted by atomic mass is 10.4. The molecule has 0 bridgehead atoms. The van der Waals surface area contributed by atoms with E-state index in [2.05, 4.69) is 24.2 Å². The van der Waals surface area contributed by atoms with Crippen molar-refractivity contribution in [2.45, 2.75) is 26.8 Å². The van der Waals surface area contributed by atoms with Gasteiger partial charge in [-0.15, -0.1) is 5.10 Å². The van der Waals surface area contributed by atoms with Crippen molar-refractivity contribution in [1.82, 2.24) is 15.0 Å². The molecule has 1 heterocycles. The van der Waals surface area contributed by atoms with Gasteiger partial charge in [-0.05, 0) is 20.8 Å². The smallest absolute Gasteiger partial charge is 0.0722 e. The Bertz CT molecular complexity index is 190. The van der Waals surface area contributed by atoms with Gasteiger partial charge >= 0.3 is 0 Å². The second-order valence-corrected chi connectivity index (χ2v) is 2.41. The van der Waals surface area contributed by atoms with Gasteiger partial charge in [0.25, 0.3) is 0 Å². The molecule has 0 fully saturated rings. The molecule has 0 aliphatic rings. The van der Waals surface area contributed by atoms with Crippen LogP contribution >= 0.6 is 0 Å². The standard InChI is InChI=1S/C6H11N3/c1-5(2)9-6(3)4-7-8-9/h4-5H,1-3H3. The lowest BCUT2D eigenvalue weighted by molar-refractivity contribution is 0.502. The number of rotatable bonds is 1. The van der Waals surface area contributed by atoms with E-state index in [1.54, 1.807) is 6.20 Å². The van der Waals surface area contributed by atoms with Crippen molar-refractivity contribution >= 4 is 0 Å². The summed E-state index contributed by atoms with van der Waals surface area (Å²) in [5, 5.41) is 7.64. The number of hydrogen-bond donors (Lipinski definition) is 0. The Morgan fingerprint density at radius 1 is 1.56 bits per heavy atom. The fraction of sp³-hybridized carbons (Fsp3) is 0.667. The monoisotopic (exact) mass is 125 g/mol. The average molecular weight is 125 g/mol. The highest BCUT2D eigenvalue weighted by atomic mass is 15.4. The summed E-state index contributed by atoms with van der Waals surface area (Å²) in [6, 6.07) is 0.424. The maximum Gasteiger partial charge on any atom is 0.0722 e. The van der Waals surface area contributed by atoms with Crippen molar-refractivity contribution in [2.75, 3.05) is 0 Å². The predicted molar refractivity (Wildman–Crippen MR) is 35.1 cm³/mol. The van der Waals surface area contributed by atoms with Crippen LogP contribution in [0.15, 0.2) is 6.20 Å². The van der Waals surface area contributed by atoms with Gasteiger partial charge in [0, 0.05) is 6.04 Å². The van der Waals surface area contributed by atoms with Crippen LogP contribution in [-0.2, 0) is 0 Å². The largest absolute Gasteiger partial charge is 0.247 e. The molecule has 0 spiro atoms. The Labute approximate surface area is 54.7 Å². The maximum atomic E-state index is 3.88. The SMILES string of the molecule is Cc1cnnn1C(C)C. The Kier molecular flexibility index (Phi) is 1.51. The molecular weight excluding hydrogens is 114 g/mol. The molecule has 3 nitrogen and oxygen atoms in total. The fourth-order valence-electron chi connectivity index (χ4n) is 0.805. The van der Waals surface area contributed by atoms with Gasteiger partial charge in [-0.2, -0.15) is 0 Å². The zero-order valence-electron chi connectivity index (χ0n) is 6.00. The first-order valence-electron chi connectivity index (χ1n) is 3.08. The summed E-state index contributed by atoms with van der Waals surface area (Å²) in [6.07, 6.45) is 1.76. The highest BCUT2D eigenvalue weighted by Gasteiger charge is 1.99. The van der Waals surface area contributed by atoms with E-state index < -0.39 is 0 Å². The van der Waals surface area contributed by atoms with Crippen LogP contribution in [0, 0.1) is 6.92 Å². The van der Waals surface area contributed by atoms with E-state index in [1.807, 2.05) is 11.6 Å². The van der Waals surface area contributed by atoms with E-state index >= 15 is 0 Å². The van der Waals surface area contributed by atoms with Gasteiger partial charge in [-0.1, -0.05) is 5.21 Å². The summed E-state index contributed by atoms with van der Waals surface area (Å²) in [5.41, 5.74) is 1.12. The second kappa shape index (κ2) is 2.17. The van der Waals surface area contributed by atoms with Gasteiger partial charge in [0.2, 0.25) is 0 Å². The highest BCUT2D eigenvalue weighted by molar-refractivity contribution is 4.89. The van der Waals surface area contributed by atoms with E-state index in [-0.39, 0.29) is 0 Å². The lowest BCUT2D eigenvalue weighted by Gasteiger charge is -2.04. The lowest BCUT2D eigenvalue weighted by Crippen LogP contribution is -2.04. The molecule has 0 unspecified atom stereocenters. The molecule has 0 saturated carbocycles. The van der Waals surface area contributed by atoms with Crippen molar-refractivity contribution in [3.8, 4) is 0 Å². The van der Waals surface area contributed by atoms with Gasteiger partial charge < -0.3 is 0 Å². The van der Waals surface area contributed by atoms with Crippen molar-refractivity contribution in [3.63, 3.8) is 0 Å². The predicted octanol–water partition coefficient (Wildman–Crippen LogP) is 1.17. The molecule has 0 radical (unpaired) electrons. The van der Waals surface area contributed by atoms with Crippen LogP contribution in [0.5, 0.6) is 0 Å². The molecule has 0 atom stereocenters. The molecule has 1 aromatic rings. The normalized spacial score (nSPS) is 10.7. The molecular formula is C6H11N3. The first-order chi connectivity index (χ1) is 4.22. The first kappa shape index (κ1) is 6.26. The van der Waals surface area contributed by atoms with Gasteiger partial charge in [0.1, 0.15) is 0 Å². The van der Waals surface area contributed by atoms with Crippen LogP contribution in [0.25, 0.3) is 0 Å². The van der Waals surface area contributed by atoms with Gasteiger partial charge in [0.05, 0.1) is 11.9 Å². The molecule has 1 rings (SSSR count). The Morgan fingerprint density at radius 2 is 2.22 bits per heavy atom. The highest BCUT2D eigenvalue weighted by Crippen LogP contribution is 2.03. The number of nitrogens with zero attached hydrogens (tertiary/aromatic N) is 3. The van der Waals surface area contributed by atoms with E-state index in [1.165, 1.54) is 0 Å². The Hall–Kier alpha value is -0.860. The fourth-order valence-corrected chi connectivity index (χ4v) is 0.805. The van der Waals surface area contributed by atoms with Crippen molar-refractivity contribution in [3.05, 3.63) is 11.9 Å². The maximum absolute atomic E-state index is 3.88. The third-order valence-electron chi connectivity index (χ3n) is 1.24. The summed E-state index contributed by atoms with van der Waals surface area (Å²) < 4.78 is 1.89.